The summed E-state index contributed by atoms with van der Waals surface area (Å²) in [5.41, 5.74) is 0. The molecule has 6 heteroatoms. The average molecular weight is 277 g/mol. The topological polar surface area (TPSA) is 72.5 Å². The van der Waals surface area contributed by atoms with E-state index in [2.05, 4.69) is 5.32 Å². The zero-order valence-corrected chi connectivity index (χ0v) is 12.0. The van der Waals surface area contributed by atoms with Crippen LogP contribution >= 0.6 is 0 Å². The summed E-state index contributed by atoms with van der Waals surface area (Å²) in [5.74, 6) is 0.252. The number of ether oxygens (including phenoxy) is 1. The van der Waals surface area contributed by atoms with Gasteiger partial charge in [0.1, 0.15) is 15.6 Å². The summed E-state index contributed by atoms with van der Waals surface area (Å²) in [6.07, 6.45) is 0.750. The Morgan fingerprint density at radius 2 is 2.06 bits per heavy atom. The van der Waals surface area contributed by atoms with Crippen molar-refractivity contribution in [2.45, 2.75) is 32.7 Å². The Morgan fingerprint density at radius 3 is 2.67 bits per heavy atom. The lowest BCUT2D eigenvalue weighted by Crippen LogP contribution is -2.39. The summed E-state index contributed by atoms with van der Waals surface area (Å²) in [4.78, 5) is 12.0. The van der Waals surface area contributed by atoms with Crippen molar-refractivity contribution in [2.24, 2.45) is 5.92 Å². The second-order valence-electron chi connectivity index (χ2n) is 4.61. The fourth-order valence-corrected chi connectivity index (χ4v) is 3.00. The molecular weight excluding hydrogens is 254 g/mol. The van der Waals surface area contributed by atoms with Crippen molar-refractivity contribution in [3.63, 3.8) is 0 Å². The first kappa shape index (κ1) is 15.6. The lowest BCUT2D eigenvalue weighted by molar-refractivity contribution is -0.123. The third-order valence-electron chi connectivity index (χ3n) is 3.28. The number of hydrogen-bond donors (Lipinski definition) is 1. The Hall–Kier alpha value is -0.460. The maximum Gasteiger partial charge on any atom is 0.150 e. The van der Waals surface area contributed by atoms with Gasteiger partial charge in [-0.25, -0.2) is 8.42 Å². The number of carbonyl (C=O) groups is 1. The fraction of sp³-hybridized carbons (Fsp3) is 0.917. The van der Waals surface area contributed by atoms with Gasteiger partial charge in [-0.2, -0.15) is 0 Å². The van der Waals surface area contributed by atoms with Crippen LogP contribution in [0.15, 0.2) is 0 Å². The highest BCUT2D eigenvalue weighted by Crippen LogP contribution is 2.17. The Balaban J connectivity index is 2.36. The third-order valence-corrected chi connectivity index (χ3v) is 5.07. The van der Waals surface area contributed by atoms with E-state index in [1.165, 1.54) is 0 Å². The van der Waals surface area contributed by atoms with Crippen molar-refractivity contribution in [2.75, 3.05) is 31.3 Å². The van der Waals surface area contributed by atoms with Crippen LogP contribution in [-0.4, -0.2) is 51.5 Å². The number of nitrogens with one attached hydrogen (secondary N) is 1. The quantitative estimate of drug-likeness (QED) is 0.695. The van der Waals surface area contributed by atoms with Crippen LogP contribution in [0.1, 0.15) is 26.7 Å². The maximum absolute atomic E-state index is 12.0. The summed E-state index contributed by atoms with van der Waals surface area (Å²) in [5, 5.41) is 3.23. The van der Waals surface area contributed by atoms with Gasteiger partial charge in [-0.05, 0) is 13.0 Å². The minimum atomic E-state index is -2.96. The van der Waals surface area contributed by atoms with Gasteiger partial charge < -0.3 is 10.1 Å². The zero-order chi connectivity index (χ0) is 13.6. The van der Waals surface area contributed by atoms with Gasteiger partial charge >= 0.3 is 0 Å². The molecule has 0 aromatic heterocycles. The largest absolute Gasteiger partial charge is 0.379 e. The van der Waals surface area contributed by atoms with E-state index in [0.717, 1.165) is 6.54 Å². The minimum Gasteiger partial charge on any atom is -0.379 e. The van der Waals surface area contributed by atoms with E-state index in [0.29, 0.717) is 26.1 Å². The molecular formula is C12H23NO4S. The van der Waals surface area contributed by atoms with E-state index < -0.39 is 9.84 Å². The second-order valence-corrected chi connectivity index (χ2v) is 7.09. The SMILES string of the molecule is CCNC1COCC1C(=O)CCCS(=O)(=O)CC. The summed E-state index contributed by atoms with van der Waals surface area (Å²) >= 11 is 0. The van der Waals surface area contributed by atoms with Crippen molar-refractivity contribution in [1.82, 2.24) is 5.32 Å². The minimum absolute atomic E-state index is 0.0882. The van der Waals surface area contributed by atoms with Gasteiger partial charge in [0.05, 0.1) is 24.9 Å². The number of ketones is 1. The fourth-order valence-electron chi connectivity index (χ4n) is 2.13. The summed E-state index contributed by atoms with van der Waals surface area (Å²) in [6, 6.07) is 0.0882. The molecule has 1 heterocycles. The molecule has 1 fully saturated rings. The van der Waals surface area contributed by atoms with Crippen molar-refractivity contribution < 1.29 is 17.9 Å². The molecule has 2 atom stereocenters. The van der Waals surface area contributed by atoms with Crippen LogP contribution in [0.4, 0.5) is 0 Å². The molecule has 0 saturated carbocycles. The van der Waals surface area contributed by atoms with Crippen molar-refractivity contribution >= 4 is 15.6 Å². The van der Waals surface area contributed by atoms with Crippen LogP contribution in [0.5, 0.6) is 0 Å². The molecule has 1 rings (SSSR count). The van der Waals surface area contributed by atoms with E-state index in [1.807, 2.05) is 6.92 Å². The number of sulfone groups is 1. The smallest absolute Gasteiger partial charge is 0.150 e. The highest BCUT2D eigenvalue weighted by Gasteiger charge is 2.32. The first-order valence-corrected chi connectivity index (χ1v) is 8.36. The number of hydrogen-bond acceptors (Lipinski definition) is 5. The van der Waals surface area contributed by atoms with Gasteiger partial charge in [-0.1, -0.05) is 13.8 Å². The van der Waals surface area contributed by atoms with Crippen LogP contribution in [-0.2, 0) is 19.4 Å². The van der Waals surface area contributed by atoms with Gasteiger partial charge in [-0.3, -0.25) is 4.79 Å². The number of likely N-dealkylation sites (N-methyl/N-ethyl adjacent to an activating group) is 1. The van der Waals surface area contributed by atoms with Gasteiger partial charge in [-0.15, -0.1) is 0 Å². The molecule has 1 aliphatic rings. The Bertz CT molecular complexity index is 366. The van der Waals surface area contributed by atoms with Gasteiger partial charge in [0.25, 0.3) is 0 Å². The Morgan fingerprint density at radius 1 is 1.33 bits per heavy atom. The van der Waals surface area contributed by atoms with Crippen LogP contribution in [0.2, 0.25) is 0 Å². The zero-order valence-electron chi connectivity index (χ0n) is 11.1. The molecule has 1 saturated heterocycles. The number of carbonyl (C=O) groups excluding carboxylic acids is 1. The monoisotopic (exact) mass is 277 g/mol. The van der Waals surface area contributed by atoms with E-state index >= 15 is 0 Å². The molecule has 0 amide bonds. The first-order chi connectivity index (χ1) is 8.50. The summed E-state index contributed by atoms with van der Waals surface area (Å²) in [6.45, 7) is 5.45. The molecule has 106 valence electrons. The first-order valence-electron chi connectivity index (χ1n) is 6.54. The molecule has 0 aromatic rings. The van der Waals surface area contributed by atoms with Crippen LogP contribution < -0.4 is 5.32 Å². The molecule has 1 N–H and O–H groups in total. The lowest BCUT2D eigenvalue weighted by Gasteiger charge is -2.16. The normalized spacial score (nSPS) is 24.3. The number of Topliss-reactive ketones (excluding diaryl/α,β-unsaturated/α-hetero) is 1. The van der Waals surface area contributed by atoms with Crippen LogP contribution in [0, 0.1) is 5.92 Å². The van der Waals surface area contributed by atoms with Gasteiger partial charge in [0, 0.05) is 18.2 Å². The standard InChI is InChI=1S/C12H23NO4S/c1-3-13-11-9-17-8-10(11)12(14)6-5-7-18(15,16)4-2/h10-11,13H,3-9H2,1-2H3. The molecule has 1 aliphatic heterocycles. The Kier molecular flexibility index (Phi) is 6.25. The summed E-state index contributed by atoms with van der Waals surface area (Å²) in [7, 11) is -2.96. The van der Waals surface area contributed by atoms with Crippen LogP contribution in [0.25, 0.3) is 0 Å². The molecule has 0 radical (unpaired) electrons. The molecule has 0 aliphatic carbocycles. The van der Waals surface area contributed by atoms with Crippen molar-refractivity contribution in [3.05, 3.63) is 0 Å². The van der Waals surface area contributed by atoms with Crippen molar-refractivity contribution in [1.29, 1.82) is 0 Å². The van der Waals surface area contributed by atoms with Crippen molar-refractivity contribution in [3.8, 4) is 0 Å². The lowest BCUT2D eigenvalue weighted by atomic mass is 9.95. The van der Waals surface area contributed by atoms with E-state index in [9.17, 15) is 13.2 Å². The van der Waals surface area contributed by atoms with Gasteiger partial charge in [0.2, 0.25) is 0 Å². The summed E-state index contributed by atoms with van der Waals surface area (Å²) < 4.78 is 28.0. The molecule has 2 unspecified atom stereocenters. The third kappa shape index (κ3) is 4.66. The maximum atomic E-state index is 12.0. The van der Waals surface area contributed by atoms with E-state index in [4.69, 9.17) is 4.74 Å². The van der Waals surface area contributed by atoms with Gasteiger partial charge in [0.15, 0.2) is 0 Å². The molecule has 0 bridgehead atoms. The highest BCUT2D eigenvalue weighted by molar-refractivity contribution is 7.91. The molecule has 5 nitrogen and oxygen atoms in total. The predicted octanol–water partition coefficient (Wildman–Crippen LogP) is 0.395. The average Bonchev–Trinajstić information content (AvgIpc) is 2.77. The molecule has 0 aromatic carbocycles. The van der Waals surface area contributed by atoms with E-state index in [-0.39, 0.29) is 29.2 Å². The van der Waals surface area contributed by atoms with Crippen LogP contribution in [0.3, 0.4) is 0 Å². The second kappa shape index (κ2) is 7.21. The molecule has 0 spiro atoms. The van der Waals surface area contributed by atoms with E-state index in [1.54, 1.807) is 6.92 Å². The highest BCUT2D eigenvalue weighted by atomic mass is 32.2. The molecule has 18 heavy (non-hydrogen) atoms. The Labute approximate surface area is 109 Å². The number of rotatable bonds is 8. The predicted molar refractivity (Wildman–Crippen MR) is 70.3 cm³/mol.